The number of carbonyl (C=O) groups excluding carboxylic acids is 1. The van der Waals surface area contributed by atoms with Crippen LogP contribution >= 0.6 is 11.8 Å². The number of esters is 1. The molecule has 32 heavy (non-hydrogen) atoms. The first-order valence-electron chi connectivity index (χ1n) is 10.3. The lowest BCUT2D eigenvalue weighted by Crippen LogP contribution is -2.29. The highest BCUT2D eigenvalue weighted by atomic mass is 32.2. The number of ether oxygens (including phenoxy) is 3. The second-order valence-corrected chi connectivity index (χ2v) is 8.36. The predicted molar refractivity (Wildman–Crippen MR) is 119 cm³/mol. The number of carbonyl (C=O) groups is 1. The van der Waals surface area contributed by atoms with Gasteiger partial charge in [-0.3, -0.25) is 9.36 Å². The Morgan fingerprint density at radius 2 is 2.16 bits per heavy atom. The summed E-state index contributed by atoms with van der Waals surface area (Å²) in [5.41, 5.74) is 0.543. The molecule has 0 spiro atoms. The van der Waals surface area contributed by atoms with Crippen molar-refractivity contribution in [2.45, 2.75) is 30.6 Å². The molecule has 4 rings (SSSR count). The van der Waals surface area contributed by atoms with Crippen molar-refractivity contribution in [1.82, 2.24) is 9.55 Å². The van der Waals surface area contributed by atoms with E-state index in [2.05, 4.69) is 4.98 Å². The summed E-state index contributed by atoms with van der Waals surface area (Å²) in [6.07, 6.45) is 1.80. The van der Waals surface area contributed by atoms with E-state index in [4.69, 9.17) is 14.2 Å². The Kier molecular flexibility index (Phi) is 7.06. The first-order valence-corrected chi connectivity index (χ1v) is 11.3. The molecule has 2 aromatic carbocycles. The molecule has 2 heterocycles. The highest BCUT2D eigenvalue weighted by Crippen LogP contribution is 2.22. The molecular formula is C23H23FN2O5S. The van der Waals surface area contributed by atoms with E-state index in [1.54, 1.807) is 41.0 Å². The van der Waals surface area contributed by atoms with Gasteiger partial charge < -0.3 is 14.2 Å². The number of benzene rings is 2. The Morgan fingerprint density at radius 1 is 1.31 bits per heavy atom. The number of para-hydroxylation sites is 1. The molecule has 1 atom stereocenters. The molecule has 1 aliphatic rings. The van der Waals surface area contributed by atoms with Crippen LogP contribution in [0.5, 0.6) is 5.75 Å². The normalized spacial score (nSPS) is 15.8. The Morgan fingerprint density at radius 3 is 2.91 bits per heavy atom. The number of fused-ring (bicyclic) bond motifs is 1. The maximum atomic E-state index is 13.7. The minimum Gasteiger partial charge on any atom is -0.490 e. The summed E-state index contributed by atoms with van der Waals surface area (Å²) in [6.45, 7) is 1.32. The van der Waals surface area contributed by atoms with Crippen molar-refractivity contribution in [3.8, 4) is 5.75 Å². The number of methoxy groups -OCH3 is 1. The number of aromatic nitrogens is 2. The summed E-state index contributed by atoms with van der Waals surface area (Å²) in [6, 6.07) is 10.9. The van der Waals surface area contributed by atoms with Crippen molar-refractivity contribution < 1.29 is 23.4 Å². The summed E-state index contributed by atoms with van der Waals surface area (Å²) < 4.78 is 31.4. The molecule has 7 nitrogen and oxygen atoms in total. The fraction of sp³-hybridized carbons (Fsp3) is 0.348. The number of hydrogen-bond acceptors (Lipinski definition) is 7. The molecule has 9 heteroatoms. The van der Waals surface area contributed by atoms with Crippen molar-refractivity contribution in [3.05, 3.63) is 64.2 Å². The molecular weight excluding hydrogens is 435 g/mol. The van der Waals surface area contributed by atoms with E-state index < -0.39 is 11.8 Å². The Balaban J connectivity index is 1.60. The molecule has 3 aromatic rings. The Bertz CT molecular complexity index is 1180. The van der Waals surface area contributed by atoms with Crippen LogP contribution in [0.1, 0.15) is 23.2 Å². The smallest absolute Gasteiger partial charge is 0.337 e. The third-order valence-electron chi connectivity index (χ3n) is 5.16. The van der Waals surface area contributed by atoms with Crippen molar-refractivity contribution in [2.75, 3.05) is 26.1 Å². The van der Waals surface area contributed by atoms with Gasteiger partial charge in [0.2, 0.25) is 0 Å². The largest absolute Gasteiger partial charge is 0.490 e. The first kappa shape index (κ1) is 22.3. The van der Waals surface area contributed by atoms with E-state index in [1.165, 1.54) is 24.9 Å². The monoisotopic (exact) mass is 458 g/mol. The summed E-state index contributed by atoms with van der Waals surface area (Å²) in [7, 11) is 1.30. The lowest BCUT2D eigenvalue weighted by atomic mass is 10.1. The van der Waals surface area contributed by atoms with Gasteiger partial charge in [-0.2, -0.15) is 0 Å². The second kappa shape index (κ2) is 10.1. The zero-order valence-corrected chi connectivity index (χ0v) is 18.4. The molecule has 0 saturated carbocycles. The fourth-order valence-corrected chi connectivity index (χ4v) is 4.38. The van der Waals surface area contributed by atoms with Gasteiger partial charge in [-0.05, 0) is 43.2 Å². The third kappa shape index (κ3) is 4.94. The van der Waals surface area contributed by atoms with Crippen LogP contribution in [-0.4, -0.2) is 47.7 Å². The molecule has 0 radical (unpaired) electrons. The van der Waals surface area contributed by atoms with Crippen molar-refractivity contribution >= 4 is 28.6 Å². The van der Waals surface area contributed by atoms with Crippen LogP contribution in [0.4, 0.5) is 4.39 Å². The minimum absolute atomic E-state index is 0.0460. The highest BCUT2D eigenvalue weighted by molar-refractivity contribution is 7.99. The molecule has 1 fully saturated rings. The molecule has 1 unspecified atom stereocenters. The van der Waals surface area contributed by atoms with Gasteiger partial charge in [-0.15, -0.1) is 0 Å². The SMILES string of the molecule is COC(=O)c1ccc2c(=O)n(CC3CCCO3)c(SCCOc3ccccc3F)nc2c1. The van der Waals surface area contributed by atoms with E-state index in [-0.39, 0.29) is 24.0 Å². The molecule has 1 aromatic heterocycles. The number of thioether (sulfide) groups is 1. The lowest BCUT2D eigenvalue weighted by molar-refractivity contribution is 0.0601. The van der Waals surface area contributed by atoms with Crippen molar-refractivity contribution in [1.29, 1.82) is 0 Å². The molecule has 168 valence electrons. The highest BCUT2D eigenvalue weighted by Gasteiger charge is 2.21. The number of rotatable bonds is 8. The maximum absolute atomic E-state index is 13.7. The lowest BCUT2D eigenvalue weighted by Gasteiger charge is -2.17. The topological polar surface area (TPSA) is 79.7 Å². The minimum atomic E-state index is -0.496. The first-order chi connectivity index (χ1) is 15.6. The van der Waals surface area contributed by atoms with Crippen molar-refractivity contribution in [3.63, 3.8) is 0 Å². The summed E-state index contributed by atoms with van der Waals surface area (Å²) in [5.74, 6) is -0.287. The van der Waals surface area contributed by atoms with Crippen LogP contribution in [0, 0.1) is 5.82 Å². The van der Waals surface area contributed by atoms with Crippen LogP contribution in [0.3, 0.4) is 0 Å². The van der Waals surface area contributed by atoms with E-state index >= 15 is 0 Å². The predicted octanol–water partition coefficient (Wildman–Crippen LogP) is 3.67. The average molecular weight is 459 g/mol. The standard InChI is InChI=1S/C23H23FN2O5S/c1-29-22(28)15-8-9-17-19(13-15)25-23(26(21(17)27)14-16-5-4-10-30-16)32-12-11-31-20-7-3-2-6-18(20)24/h2-3,6-9,13,16H,4-5,10-12,14H2,1H3. The third-order valence-corrected chi connectivity index (χ3v) is 6.10. The zero-order valence-electron chi connectivity index (χ0n) is 17.6. The van der Waals surface area contributed by atoms with Crippen LogP contribution in [0.2, 0.25) is 0 Å². The van der Waals surface area contributed by atoms with Crippen LogP contribution in [0.15, 0.2) is 52.4 Å². The average Bonchev–Trinajstić information content (AvgIpc) is 3.32. The van der Waals surface area contributed by atoms with E-state index in [9.17, 15) is 14.0 Å². The quantitative estimate of drug-likeness (QED) is 0.221. The van der Waals surface area contributed by atoms with E-state index in [1.807, 2.05) is 0 Å². The van der Waals surface area contributed by atoms with Crippen LogP contribution < -0.4 is 10.3 Å². The van der Waals surface area contributed by atoms with Gasteiger partial charge in [-0.1, -0.05) is 23.9 Å². The van der Waals surface area contributed by atoms with Gasteiger partial charge in [0.05, 0.1) is 42.8 Å². The van der Waals surface area contributed by atoms with Gasteiger partial charge in [0.15, 0.2) is 16.7 Å². The summed E-state index contributed by atoms with van der Waals surface area (Å²) in [5, 5.41) is 0.916. The van der Waals surface area contributed by atoms with Gasteiger partial charge in [0.1, 0.15) is 0 Å². The molecule has 0 bridgehead atoms. The molecule has 0 N–H and O–H groups in total. The molecule has 1 aliphatic heterocycles. The Labute approximate surface area is 188 Å². The number of halogens is 1. The second-order valence-electron chi connectivity index (χ2n) is 7.30. The molecule has 1 saturated heterocycles. The van der Waals surface area contributed by atoms with Crippen LogP contribution in [-0.2, 0) is 16.0 Å². The van der Waals surface area contributed by atoms with Crippen LogP contribution in [0.25, 0.3) is 10.9 Å². The van der Waals surface area contributed by atoms with Gasteiger partial charge in [0, 0.05) is 12.4 Å². The summed E-state index contributed by atoms with van der Waals surface area (Å²) >= 11 is 1.34. The zero-order chi connectivity index (χ0) is 22.5. The van der Waals surface area contributed by atoms with E-state index in [0.29, 0.717) is 40.5 Å². The van der Waals surface area contributed by atoms with Crippen molar-refractivity contribution in [2.24, 2.45) is 0 Å². The van der Waals surface area contributed by atoms with Gasteiger partial charge in [-0.25, -0.2) is 14.2 Å². The maximum Gasteiger partial charge on any atom is 0.337 e. The Hall–Kier alpha value is -2.91. The number of hydrogen-bond donors (Lipinski definition) is 0. The number of nitrogens with zero attached hydrogens (tertiary/aromatic N) is 2. The molecule has 0 amide bonds. The van der Waals surface area contributed by atoms with E-state index in [0.717, 1.165) is 12.8 Å². The van der Waals surface area contributed by atoms with Gasteiger partial charge in [0.25, 0.3) is 5.56 Å². The summed E-state index contributed by atoms with van der Waals surface area (Å²) in [4.78, 5) is 29.8. The molecule has 0 aliphatic carbocycles. The fourth-order valence-electron chi connectivity index (χ4n) is 3.56. The van der Waals surface area contributed by atoms with Gasteiger partial charge >= 0.3 is 5.97 Å².